The van der Waals surface area contributed by atoms with Crippen molar-refractivity contribution in [3.63, 3.8) is 0 Å². The minimum Gasteiger partial charge on any atom is -0.493 e. The second kappa shape index (κ2) is 5.08. The zero-order valence-electron chi connectivity index (χ0n) is 9.96. The quantitative estimate of drug-likeness (QED) is 0.824. The van der Waals surface area contributed by atoms with Crippen molar-refractivity contribution in [1.29, 1.82) is 0 Å². The summed E-state index contributed by atoms with van der Waals surface area (Å²) in [4.78, 5) is 22.4. The Labute approximate surface area is 104 Å². The van der Waals surface area contributed by atoms with Gasteiger partial charge in [0, 0.05) is 5.56 Å². The summed E-state index contributed by atoms with van der Waals surface area (Å²) in [5.41, 5.74) is 0.609. The van der Waals surface area contributed by atoms with Crippen LogP contribution in [0.5, 0.6) is 5.75 Å². The first-order valence-corrected chi connectivity index (χ1v) is 5.77. The highest BCUT2D eigenvalue weighted by molar-refractivity contribution is 5.83. The van der Waals surface area contributed by atoms with Crippen molar-refractivity contribution in [2.45, 2.75) is 19.4 Å². The Morgan fingerprint density at radius 1 is 1.50 bits per heavy atom. The highest BCUT2D eigenvalue weighted by Gasteiger charge is 2.42. The van der Waals surface area contributed by atoms with Crippen LogP contribution in [0.1, 0.15) is 25.0 Å². The normalized spacial score (nSPS) is 22.6. The fraction of sp³-hybridized carbons (Fsp3) is 0.385. The molecule has 1 N–H and O–H groups in total. The number of para-hydroxylation sites is 1. The van der Waals surface area contributed by atoms with Gasteiger partial charge < -0.3 is 14.6 Å². The lowest BCUT2D eigenvalue weighted by Gasteiger charge is -2.17. The third-order valence-electron chi connectivity index (χ3n) is 2.85. The fourth-order valence-electron chi connectivity index (χ4n) is 2.06. The molecule has 1 heterocycles. The lowest BCUT2D eigenvalue weighted by Crippen LogP contribution is -2.18. The number of carboxylic acid groups (broad SMARTS) is 1. The van der Waals surface area contributed by atoms with E-state index in [-0.39, 0.29) is 6.42 Å². The number of carbonyl (C=O) groups is 2. The van der Waals surface area contributed by atoms with Crippen molar-refractivity contribution < 1.29 is 24.2 Å². The lowest BCUT2D eigenvalue weighted by molar-refractivity contribution is -0.144. The molecule has 0 amide bonds. The van der Waals surface area contributed by atoms with Crippen molar-refractivity contribution in [2.24, 2.45) is 5.92 Å². The summed E-state index contributed by atoms with van der Waals surface area (Å²) in [5.74, 6) is -1.80. The predicted octanol–water partition coefficient (Wildman–Crippen LogP) is 1.77. The SMILES string of the molecule is CCOc1ccccc1[C@H]1OC(=O)C[C@H]1C(=O)O. The number of hydrogen-bond donors (Lipinski definition) is 1. The maximum Gasteiger partial charge on any atom is 0.311 e. The Morgan fingerprint density at radius 2 is 2.22 bits per heavy atom. The molecule has 1 aliphatic rings. The lowest BCUT2D eigenvalue weighted by atomic mass is 9.95. The Kier molecular flexibility index (Phi) is 3.50. The van der Waals surface area contributed by atoms with Gasteiger partial charge in [-0.15, -0.1) is 0 Å². The Bertz CT molecular complexity index is 468. The van der Waals surface area contributed by atoms with Crippen molar-refractivity contribution >= 4 is 11.9 Å². The van der Waals surface area contributed by atoms with E-state index in [0.29, 0.717) is 17.9 Å². The number of cyclic esters (lactones) is 1. The third-order valence-corrected chi connectivity index (χ3v) is 2.85. The molecule has 0 spiro atoms. The van der Waals surface area contributed by atoms with Crippen LogP contribution in [0.2, 0.25) is 0 Å². The molecule has 1 aromatic rings. The van der Waals surface area contributed by atoms with Crippen LogP contribution in [-0.2, 0) is 14.3 Å². The molecule has 18 heavy (non-hydrogen) atoms. The van der Waals surface area contributed by atoms with Gasteiger partial charge in [0.2, 0.25) is 0 Å². The molecule has 0 saturated carbocycles. The summed E-state index contributed by atoms with van der Waals surface area (Å²) in [7, 11) is 0. The average Bonchev–Trinajstić information content (AvgIpc) is 2.72. The van der Waals surface area contributed by atoms with Crippen LogP contribution in [-0.4, -0.2) is 23.7 Å². The van der Waals surface area contributed by atoms with Gasteiger partial charge in [0.25, 0.3) is 0 Å². The van der Waals surface area contributed by atoms with Gasteiger partial charge in [-0.05, 0) is 13.0 Å². The second-order valence-corrected chi connectivity index (χ2v) is 4.03. The summed E-state index contributed by atoms with van der Waals surface area (Å²) < 4.78 is 10.5. The summed E-state index contributed by atoms with van der Waals surface area (Å²) in [6, 6.07) is 7.03. The average molecular weight is 250 g/mol. The van der Waals surface area contributed by atoms with Crippen LogP contribution in [0, 0.1) is 5.92 Å². The molecule has 0 bridgehead atoms. The summed E-state index contributed by atoms with van der Waals surface area (Å²) in [5, 5.41) is 9.11. The van der Waals surface area contributed by atoms with E-state index in [2.05, 4.69) is 0 Å². The van der Waals surface area contributed by atoms with Crippen LogP contribution in [0.15, 0.2) is 24.3 Å². The summed E-state index contributed by atoms with van der Waals surface area (Å²) in [6.07, 6.45) is -0.863. The highest BCUT2D eigenvalue weighted by Crippen LogP contribution is 2.39. The number of carbonyl (C=O) groups excluding carboxylic acids is 1. The molecule has 0 unspecified atom stereocenters. The van der Waals surface area contributed by atoms with Crippen LogP contribution in [0.4, 0.5) is 0 Å². The molecule has 96 valence electrons. The number of carboxylic acids is 1. The molecule has 5 nitrogen and oxygen atoms in total. The Morgan fingerprint density at radius 3 is 2.89 bits per heavy atom. The molecule has 1 aliphatic heterocycles. The van der Waals surface area contributed by atoms with Crippen LogP contribution < -0.4 is 4.74 Å². The molecule has 5 heteroatoms. The van der Waals surface area contributed by atoms with Gasteiger partial charge >= 0.3 is 11.9 Å². The van der Waals surface area contributed by atoms with Gasteiger partial charge in [0.05, 0.1) is 13.0 Å². The minimum atomic E-state index is -1.03. The van der Waals surface area contributed by atoms with Crippen molar-refractivity contribution in [1.82, 2.24) is 0 Å². The topological polar surface area (TPSA) is 72.8 Å². The molecule has 2 rings (SSSR count). The summed E-state index contributed by atoms with van der Waals surface area (Å²) in [6.45, 7) is 2.31. The first-order chi connectivity index (χ1) is 8.63. The number of benzene rings is 1. The molecule has 0 radical (unpaired) electrons. The van der Waals surface area contributed by atoms with Crippen LogP contribution in [0.3, 0.4) is 0 Å². The number of esters is 1. The molecule has 0 aliphatic carbocycles. The zero-order chi connectivity index (χ0) is 13.1. The van der Waals surface area contributed by atoms with Crippen molar-refractivity contribution in [3.8, 4) is 5.75 Å². The highest BCUT2D eigenvalue weighted by atomic mass is 16.6. The van der Waals surface area contributed by atoms with E-state index < -0.39 is 24.0 Å². The van der Waals surface area contributed by atoms with Gasteiger partial charge in [-0.25, -0.2) is 0 Å². The molecular weight excluding hydrogens is 236 g/mol. The van der Waals surface area contributed by atoms with E-state index in [9.17, 15) is 9.59 Å². The molecule has 2 atom stereocenters. The summed E-state index contributed by atoms with van der Waals surface area (Å²) >= 11 is 0. The largest absolute Gasteiger partial charge is 0.493 e. The first-order valence-electron chi connectivity index (χ1n) is 5.77. The molecule has 0 aromatic heterocycles. The van der Waals surface area contributed by atoms with E-state index >= 15 is 0 Å². The van der Waals surface area contributed by atoms with Gasteiger partial charge in [-0.2, -0.15) is 0 Å². The van der Waals surface area contributed by atoms with E-state index in [1.807, 2.05) is 6.92 Å². The monoisotopic (exact) mass is 250 g/mol. The molecule has 1 saturated heterocycles. The van der Waals surface area contributed by atoms with Gasteiger partial charge in [-0.3, -0.25) is 9.59 Å². The fourth-order valence-corrected chi connectivity index (χ4v) is 2.06. The number of rotatable bonds is 4. The smallest absolute Gasteiger partial charge is 0.311 e. The van der Waals surface area contributed by atoms with Gasteiger partial charge in [-0.1, -0.05) is 18.2 Å². The second-order valence-electron chi connectivity index (χ2n) is 4.03. The first kappa shape index (κ1) is 12.4. The molecular formula is C13H14O5. The number of aliphatic carboxylic acids is 1. The Hall–Kier alpha value is -2.04. The van der Waals surface area contributed by atoms with E-state index in [1.54, 1.807) is 24.3 Å². The Balaban J connectivity index is 2.35. The molecule has 1 aromatic carbocycles. The van der Waals surface area contributed by atoms with Crippen molar-refractivity contribution in [2.75, 3.05) is 6.61 Å². The van der Waals surface area contributed by atoms with Crippen molar-refractivity contribution in [3.05, 3.63) is 29.8 Å². The minimum absolute atomic E-state index is 0.0968. The predicted molar refractivity (Wildman–Crippen MR) is 62.2 cm³/mol. The van der Waals surface area contributed by atoms with Crippen LogP contribution >= 0.6 is 0 Å². The van der Waals surface area contributed by atoms with E-state index in [0.717, 1.165) is 0 Å². The molecule has 1 fully saturated rings. The number of ether oxygens (including phenoxy) is 2. The standard InChI is InChI=1S/C13H14O5/c1-2-17-10-6-4-3-5-8(10)12-9(13(15)16)7-11(14)18-12/h3-6,9,12H,2,7H2,1H3,(H,15,16)/t9-,12-/m1/s1. The number of hydrogen-bond acceptors (Lipinski definition) is 4. The van der Waals surface area contributed by atoms with Gasteiger partial charge in [0.15, 0.2) is 0 Å². The maximum atomic E-state index is 11.3. The van der Waals surface area contributed by atoms with E-state index in [1.165, 1.54) is 0 Å². The van der Waals surface area contributed by atoms with Gasteiger partial charge in [0.1, 0.15) is 17.8 Å². The third kappa shape index (κ3) is 2.30. The maximum absolute atomic E-state index is 11.3. The van der Waals surface area contributed by atoms with E-state index in [4.69, 9.17) is 14.6 Å². The van der Waals surface area contributed by atoms with Crippen LogP contribution in [0.25, 0.3) is 0 Å². The zero-order valence-corrected chi connectivity index (χ0v) is 9.96.